The van der Waals surface area contributed by atoms with Crippen molar-refractivity contribution in [2.45, 2.75) is 83.5 Å². The Labute approximate surface area is 192 Å². The lowest BCUT2D eigenvalue weighted by molar-refractivity contribution is 0.257. The molecule has 31 heavy (non-hydrogen) atoms. The zero-order chi connectivity index (χ0) is 21.2. The number of likely N-dealkylation sites (tertiary alicyclic amines) is 1. The molecule has 2 heterocycles. The number of piperidine rings is 1. The Hall–Kier alpha value is -2.08. The third-order valence-corrected chi connectivity index (χ3v) is 6.08. The number of aromatic nitrogens is 2. The van der Waals surface area contributed by atoms with Gasteiger partial charge in [0.05, 0.1) is 5.92 Å². The largest absolute Gasteiger partial charge is 0.370 e. The lowest BCUT2D eigenvalue weighted by atomic mass is 9.98. The van der Waals surface area contributed by atoms with Crippen LogP contribution in [0.5, 0.6) is 0 Å². The van der Waals surface area contributed by atoms with Gasteiger partial charge in [-0.05, 0) is 31.2 Å². The monoisotopic (exact) mass is 447 g/mol. The van der Waals surface area contributed by atoms with Gasteiger partial charge in [-0.15, -0.1) is 12.4 Å². The van der Waals surface area contributed by atoms with Crippen molar-refractivity contribution in [3.8, 4) is 11.4 Å². The van der Waals surface area contributed by atoms with Crippen molar-refractivity contribution >= 4 is 18.4 Å². The molecule has 0 spiro atoms. The summed E-state index contributed by atoms with van der Waals surface area (Å²) >= 11 is 0. The quantitative estimate of drug-likeness (QED) is 0.253. The van der Waals surface area contributed by atoms with Crippen LogP contribution in [0.15, 0.2) is 28.8 Å². The fourth-order valence-corrected chi connectivity index (χ4v) is 4.20. The molecule has 1 aliphatic rings. The summed E-state index contributed by atoms with van der Waals surface area (Å²) in [5.74, 6) is 1.55. The molecule has 3 N–H and O–H groups in total. The summed E-state index contributed by atoms with van der Waals surface area (Å²) in [4.78, 5) is 6.50. The van der Waals surface area contributed by atoms with Gasteiger partial charge in [0.15, 0.2) is 5.96 Å². The van der Waals surface area contributed by atoms with Crippen molar-refractivity contribution in [3.63, 3.8) is 0 Å². The molecule has 0 bridgehead atoms. The van der Waals surface area contributed by atoms with Gasteiger partial charge in [0, 0.05) is 18.7 Å². The maximum atomic E-state index is 7.64. The van der Waals surface area contributed by atoms with Gasteiger partial charge in [-0.2, -0.15) is 4.98 Å². The van der Waals surface area contributed by atoms with E-state index < -0.39 is 0 Å². The summed E-state index contributed by atoms with van der Waals surface area (Å²) in [5.41, 5.74) is 8.00. The maximum absolute atomic E-state index is 7.64. The Morgan fingerprint density at radius 3 is 2.45 bits per heavy atom. The lowest BCUT2D eigenvalue weighted by Crippen LogP contribution is -2.42. The van der Waals surface area contributed by atoms with Crippen LogP contribution in [-0.4, -0.2) is 34.1 Å². The molecule has 3 rings (SSSR count). The van der Waals surface area contributed by atoms with E-state index in [0.717, 1.165) is 31.4 Å². The molecule has 1 aromatic heterocycles. The molecule has 2 aromatic rings. The lowest BCUT2D eigenvalue weighted by Gasteiger charge is -2.30. The average molecular weight is 448 g/mol. The van der Waals surface area contributed by atoms with Crippen LogP contribution in [0.1, 0.15) is 88.5 Å². The highest BCUT2D eigenvalue weighted by atomic mass is 35.5. The van der Waals surface area contributed by atoms with Crippen molar-refractivity contribution in [1.82, 2.24) is 15.0 Å². The first-order valence-corrected chi connectivity index (χ1v) is 11.7. The van der Waals surface area contributed by atoms with Crippen molar-refractivity contribution < 1.29 is 4.52 Å². The van der Waals surface area contributed by atoms with Crippen LogP contribution in [-0.2, 0) is 6.42 Å². The molecule has 0 aliphatic carbocycles. The van der Waals surface area contributed by atoms with E-state index in [9.17, 15) is 0 Å². The Morgan fingerprint density at radius 2 is 1.77 bits per heavy atom. The van der Waals surface area contributed by atoms with Crippen molar-refractivity contribution in [3.05, 3.63) is 35.7 Å². The smallest absolute Gasteiger partial charge is 0.231 e. The molecule has 6 nitrogen and oxygen atoms in total. The number of nitrogens with two attached hydrogens (primary N) is 1. The van der Waals surface area contributed by atoms with Crippen LogP contribution in [0.2, 0.25) is 0 Å². The van der Waals surface area contributed by atoms with Crippen molar-refractivity contribution in [2.75, 3.05) is 13.1 Å². The number of nitrogens with zero attached hydrogens (tertiary/aromatic N) is 3. The Bertz CT molecular complexity index is 777. The van der Waals surface area contributed by atoms with Gasteiger partial charge in [0.1, 0.15) is 0 Å². The first-order valence-electron chi connectivity index (χ1n) is 11.7. The van der Waals surface area contributed by atoms with E-state index in [1.165, 1.54) is 56.9 Å². The van der Waals surface area contributed by atoms with Crippen LogP contribution in [0, 0.1) is 5.41 Å². The summed E-state index contributed by atoms with van der Waals surface area (Å²) in [6, 6.07) is 8.56. The standard InChI is InChI=1S/C24H37N5O.ClH/c1-2-3-4-5-6-7-8-9-11-19-13-15-20(16-14-19)22-27-23(30-28-22)21-12-10-17-29(18-21)24(25)26;/h13-16,21H,2-12,17-18H2,1H3,(H3,25,26);1H. The summed E-state index contributed by atoms with van der Waals surface area (Å²) < 4.78 is 5.54. The van der Waals surface area contributed by atoms with E-state index in [2.05, 4.69) is 41.3 Å². The summed E-state index contributed by atoms with van der Waals surface area (Å²) in [6.07, 6.45) is 13.9. The second kappa shape index (κ2) is 13.4. The first kappa shape index (κ1) is 25.2. The van der Waals surface area contributed by atoms with E-state index >= 15 is 0 Å². The van der Waals surface area contributed by atoms with Crippen LogP contribution >= 0.6 is 12.4 Å². The van der Waals surface area contributed by atoms with Gasteiger partial charge in [-0.25, -0.2) is 0 Å². The molecule has 1 atom stereocenters. The SMILES string of the molecule is CCCCCCCCCCc1ccc(-c2noc(C3CCCN(C(=N)N)C3)n2)cc1.Cl. The molecule has 1 unspecified atom stereocenters. The highest BCUT2D eigenvalue weighted by Crippen LogP contribution is 2.27. The average Bonchev–Trinajstić information content (AvgIpc) is 3.26. The Kier molecular flexibility index (Phi) is 10.9. The predicted octanol–water partition coefficient (Wildman–Crippen LogP) is 5.91. The Morgan fingerprint density at radius 1 is 1.10 bits per heavy atom. The van der Waals surface area contributed by atoms with Gasteiger partial charge < -0.3 is 15.2 Å². The van der Waals surface area contributed by atoms with Gasteiger partial charge >= 0.3 is 0 Å². The molecule has 7 heteroatoms. The van der Waals surface area contributed by atoms with Crippen LogP contribution in [0.3, 0.4) is 0 Å². The van der Waals surface area contributed by atoms with Crippen molar-refractivity contribution in [2.24, 2.45) is 5.73 Å². The third kappa shape index (κ3) is 7.84. The van der Waals surface area contributed by atoms with Crippen LogP contribution < -0.4 is 5.73 Å². The normalized spacial score (nSPS) is 16.2. The van der Waals surface area contributed by atoms with Crippen LogP contribution in [0.25, 0.3) is 11.4 Å². The van der Waals surface area contributed by atoms with Gasteiger partial charge in [0.25, 0.3) is 0 Å². The van der Waals surface area contributed by atoms with Gasteiger partial charge in [0.2, 0.25) is 11.7 Å². The predicted molar refractivity (Wildman–Crippen MR) is 129 cm³/mol. The number of nitrogens with one attached hydrogen (secondary N) is 1. The molecule has 172 valence electrons. The second-order valence-corrected chi connectivity index (χ2v) is 8.55. The van der Waals surface area contributed by atoms with Gasteiger partial charge in [-0.3, -0.25) is 5.41 Å². The van der Waals surface area contributed by atoms with E-state index in [1.807, 2.05) is 4.90 Å². The topological polar surface area (TPSA) is 92.0 Å². The summed E-state index contributed by atoms with van der Waals surface area (Å²) in [7, 11) is 0. The fourth-order valence-electron chi connectivity index (χ4n) is 4.20. The summed E-state index contributed by atoms with van der Waals surface area (Å²) in [6.45, 7) is 3.77. The minimum absolute atomic E-state index is 0. The first-order chi connectivity index (χ1) is 14.7. The molecular weight excluding hydrogens is 410 g/mol. The highest BCUT2D eigenvalue weighted by Gasteiger charge is 2.26. The number of hydrogen-bond acceptors (Lipinski definition) is 4. The molecule has 0 radical (unpaired) electrons. The zero-order valence-electron chi connectivity index (χ0n) is 18.8. The van der Waals surface area contributed by atoms with E-state index in [-0.39, 0.29) is 24.3 Å². The third-order valence-electron chi connectivity index (χ3n) is 6.08. The molecule has 0 amide bonds. The van der Waals surface area contributed by atoms with Crippen molar-refractivity contribution in [1.29, 1.82) is 5.41 Å². The number of aryl methyl sites for hydroxylation is 1. The zero-order valence-corrected chi connectivity index (χ0v) is 19.6. The molecule has 1 aliphatic heterocycles. The maximum Gasteiger partial charge on any atom is 0.231 e. The van der Waals surface area contributed by atoms with E-state index in [0.29, 0.717) is 18.3 Å². The minimum atomic E-state index is 0. The summed E-state index contributed by atoms with van der Waals surface area (Å²) in [5, 5.41) is 11.8. The fraction of sp³-hybridized carbons (Fsp3) is 0.625. The number of unbranched alkanes of at least 4 members (excludes halogenated alkanes) is 7. The molecule has 1 fully saturated rings. The number of hydrogen-bond donors (Lipinski definition) is 2. The number of halogens is 1. The number of guanidine groups is 1. The van der Waals surface area contributed by atoms with E-state index in [4.69, 9.17) is 15.7 Å². The minimum Gasteiger partial charge on any atom is -0.370 e. The van der Waals surface area contributed by atoms with Gasteiger partial charge in [-0.1, -0.05) is 81.3 Å². The number of rotatable bonds is 11. The molecular formula is C24H38ClN5O. The molecule has 1 aromatic carbocycles. The Balaban J connectivity index is 0.00000341. The van der Waals surface area contributed by atoms with E-state index in [1.54, 1.807) is 0 Å². The molecule has 1 saturated heterocycles. The molecule has 0 saturated carbocycles. The highest BCUT2D eigenvalue weighted by molar-refractivity contribution is 5.85. The second-order valence-electron chi connectivity index (χ2n) is 8.55. The number of benzene rings is 1. The van der Waals surface area contributed by atoms with Crippen LogP contribution in [0.4, 0.5) is 0 Å².